The zero-order valence-electron chi connectivity index (χ0n) is 12.5. The van der Waals surface area contributed by atoms with Gasteiger partial charge in [0.25, 0.3) is 0 Å². The van der Waals surface area contributed by atoms with Gasteiger partial charge in [0.1, 0.15) is 0 Å². The first-order chi connectivity index (χ1) is 9.46. The van der Waals surface area contributed by atoms with Crippen molar-refractivity contribution in [2.45, 2.75) is 6.42 Å². The summed E-state index contributed by atoms with van der Waals surface area (Å²) >= 11 is 0. The monoisotopic (exact) mass is 268 g/mol. The summed E-state index contributed by atoms with van der Waals surface area (Å²) in [5, 5.41) is 0. The van der Waals surface area contributed by atoms with Crippen LogP contribution in [0.4, 0.5) is 0 Å². The quantitative estimate of drug-likeness (QED) is 0.601. The molecule has 0 bridgehead atoms. The molecule has 0 fully saturated rings. The molecule has 0 spiro atoms. The Bertz CT molecular complexity index is 565. The standard InChI is InChI=1S/C18H22NO/c1-19(2,3)14-13-15-9-11-17(12-10-15)18(20)16-7-5-4-6-8-16/h4-12H,13-14H2,1-3H3/q+1. The van der Waals surface area contributed by atoms with Crippen LogP contribution in [0, 0.1) is 0 Å². The second-order valence-corrected chi connectivity index (χ2v) is 6.16. The van der Waals surface area contributed by atoms with Crippen LogP contribution in [0.2, 0.25) is 0 Å². The second kappa shape index (κ2) is 6.02. The van der Waals surface area contributed by atoms with Crippen molar-refractivity contribution in [3.63, 3.8) is 0 Å². The predicted octanol–water partition coefficient (Wildman–Crippen LogP) is 3.17. The predicted molar refractivity (Wildman–Crippen MR) is 82.9 cm³/mol. The van der Waals surface area contributed by atoms with E-state index in [4.69, 9.17) is 0 Å². The van der Waals surface area contributed by atoms with Gasteiger partial charge in [-0.15, -0.1) is 0 Å². The number of carbonyl (C=O) groups is 1. The third-order valence-electron chi connectivity index (χ3n) is 3.32. The fraction of sp³-hybridized carbons (Fsp3) is 0.278. The Labute approximate surface area is 121 Å². The average Bonchev–Trinajstić information content (AvgIpc) is 2.45. The first-order valence-corrected chi connectivity index (χ1v) is 6.95. The third kappa shape index (κ3) is 4.04. The van der Waals surface area contributed by atoms with Gasteiger partial charge in [-0.1, -0.05) is 54.6 Å². The van der Waals surface area contributed by atoms with E-state index in [1.165, 1.54) is 5.56 Å². The Morgan fingerprint density at radius 1 is 0.850 bits per heavy atom. The summed E-state index contributed by atoms with van der Waals surface area (Å²) in [5.74, 6) is 0.0868. The molecule has 0 unspecified atom stereocenters. The van der Waals surface area contributed by atoms with Gasteiger partial charge in [0.2, 0.25) is 0 Å². The minimum absolute atomic E-state index is 0.0868. The van der Waals surface area contributed by atoms with Crippen molar-refractivity contribution in [2.75, 3.05) is 27.7 Å². The number of quaternary nitrogens is 1. The molecular formula is C18H22NO+. The number of rotatable bonds is 5. The molecule has 0 aromatic heterocycles. The van der Waals surface area contributed by atoms with Crippen LogP contribution in [0.15, 0.2) is 54.6 Å². The van der Waals surface area contributed by atoms with Gasteiger partial charge in [-0.25, -0.2) is 0 Å². The van der Waals surface area contributed by atoms with E-state index < -0.39 is 0 Å². The van der Waals surface area contributed by atoms with E-state index in [1.807, 2.05) is 42.5 Å². The molecule has 0 heterocycles. The van der Waals surface area contributed by atoms with E-state index in [1.54, 1.807) is 0 Å². The molecule has 2 heteroatoms. The van der Waals surface area contributed by atoms with Crippen LogP contribution < -0.4 is 0 Å². The van der Waals surface area contributed by atoms with Crippen LogP contribution in [-0.4, -0.2) is 38.0 Å². The van der Waals surface area contributed by atoms with Crippen LogP contribution in [0.3, 0.4) is 0 Å². The van der Waals surface area contributed by atoms with Crippen molar-refractivity contribution in [3.8, 4) is 0 Å². The summed E-state index contributed by atoms with van der Waals surface area (Å²) < 4.78 is 0.949. The Morgan fingerprint density at radius 3 is 1.95 bits per heavy atom. The SMILES string of the molecule is C[N+](C)(C)CCc1ccc(C(=O)c2ccccc2)cc1. The highest BCUT2D eigenvalue weighted by Gasteiger charge is 2.10. The fourth-order valence-corrected chi connectivity index (χ4v) is 2.04. The largest absolute Gasteiger partial charge is 0.331 e. The van der Waals surface area contributed by atoms with Crippen LogP contribution in [0.5, 0.6) is 0 Å². The summed E-state index contributed by atoms with van der Waals surface area (Å²) in [6, 6.07) is 17.4. The van der Waals surface area contributed by atoms with Gasteiger partial charge in [-0.05, 0) is 5.56 Å². The van der Waals surface area contributed by atoms with Crippen molar-refractivity contribution in [1.82, 2.24) is 0 Å². The maximum Gasteiger partial charge on any atom is 0.193 e. The molecule has 0 aliphatic carbocycles. The maximum atomic E-state index is 12.3. The Hall–Kier alpha value is -1.93. The minimum Gasteiger partial charge on any atom is -0.331 e. The van der Waals surface area contributed by atoms with E-state index in [-0.39, 0.29) is 5.78 Å². The van der Waals surface area contributed by atoms with Crippen molar-refractivity contribution in [3.05, 3.63) is 71.3 Å². The maximum absolute atomic E-state index is 12.3. The molecule has 2 nitrogen and oxygen atoms in total. The van der Waals surface area contributed by atoms with Crippen molar-refractivity contribution < 1.29 is 9.28 Å². The van der Waals surface area contributed by atoms with Crippen molar-refractivity contribution in [1.29, 1.82) is 0 Å². The summed E-state index contributed by atoms with van der Waals surface area (Å²) in [7, 11) is 6.56. The highest BCUT2D eigenvalue weighted by atomic mass is 16.1. The van der Waals surface area contributed by atoms with E-state index in [0.717, 1.165) is 28.6 Å². The Balaban J connectivity index is 2.07. The summed E-state index contributed by atoms with van der Waals surface area (Å²) in [6.45, 7) is 1.09. The van der Waals surface area contributed by atoms with E-state index in [0.29, 0.717) is 0 Å². The van der Waals surface area contributed by atoms with Crippen molar-refractivity contribution >= 4 is 5.78 Å². The first-order valence-electron chi connectivity index (χ1n) is 6.95. The lowest BCUT2D eigenvalue weighted by atomic mass is 10.0. The van der Waals surface area contributed by atoms with Gasteiger partial charge < -0.3 is 4.48 Å². The molecule has 104 valence electrons. The molecular weight excluding hydrogens is 246 g/mol. The van der Waals surface area contributed by atoms with Crippen molar-refractivity contribution in [2.24, 2.45) is 0 Å². The molecule has 0 N–H and O–H groups in total. The molecule has 20 heavy (non-hydrogen) atoms. The lowest BCUT2D eigenvalue weighted by molar-refractivity contribution is -0.870. The van der Waals surface area contributed by atoms with E-state index in [9.17, 15) is 4.79 Å². The smallest absolute Gasteiger partial charge is 0.193 e. The summed E-state index contributed by atoms with van der Waals surface area (Å²) in [4.78, 5) is 12.3. The first kappa shape index (κ1) is 14.5. The topological polar surface area (TPSA) is 17.1 Å². The highest BCUT2D eigenvalue weighted by Crippen LogP contribution is 2.12. The van der Waals surface area contributed by atoms with Crippen LogP contribution >= 0.6 is 0 Å². The minimum atomic E-state index is 0.0868. The molecule has 0 atom stereocenters. The van der Waals surface area contributed by atoms with Gasteiger partial charge in [-0.3, -0.25) is 4.79 Å². The van der Waals surface area contributed by atoms with Gasteiger partial charge >= 0.3 is 0 Å². The number of benzene rings is 2. The van der Waals surface area contributed by atoms with E-state index in [2.05, 4.69) is 33.3 Å². The molecule has 0 saturated carbocycles. The molecule has 2 aromatic carbocycles. The molecule has 0 saturated heterocycles. The number of carbonyl (C=O) groups excluding carboxylic acids is 1. The number of nitrogens with zero attached hydrogens (tertiary/aromatic N) is 1. The second-order valence-electron chi connectivity index (χ2n) is 6.16. The Kier molecular flexibility index (Phi) is 4.35. The molecule has 2 rings (SSSR count). The van der Waals surface area contributed by atoms with Gasteiger partial charge in [0, 0.05) is 17.5 Å². The van der Waals surface area contributed by atoms with E-state index >= 15 is 0 Å². The lowest BCUT2D eigenvalue weighted by Crippen LogP contribution is -2.36. The van der Waals surface area contributed by atoms with Crippen LogP contribution in [-0.2, 0) is 6.42 Å². The van der Waals surface area contributed by atoms with Gasteiger partial charge in [0.15, 0.2) is 5.78 Å². The lowest BCUT2D eigenvalue weighted by Gasteiger charge is -2.23. The highest BCUT2D eigenvalue weighted by molar-refractivity contribution is 6.08. The molecule has 0 amide bonds. The van der Waals surface area contributed by atoms with Crippen LogP contribution in [0.25, 0.3) is 0 Å². The zero-order valence-corrected chi connectivity index (χ0v) is 12.5. The number of ketones is 1. The van der Waals surface area contributed by atoms with Gasteiger partial charge in [0.05, 0.1) is 27.7 Å². The normalized spacial score (nSPS) is 11.3. The Morgan fingerprint density at radius 2 is 1.40 bits per heavy atom. The molecule has 0 radical (unpaired) electrons. The molecule has 0 aliphatic heterocycles. The third-order valence-corrected chi connectivity index (χ3v) is 3.32. The van der Waals surface area contributed by atoms with Gasteiger partial charge in [-0.2, -0.15) is 0 Å². The fourth-order valence-electron chi connectivity index (χ4n) is 2.04. The summed E-state index contributed by atoms with van der Waals surface area (Å²) in [5.41, 5.74) is 2.78. The summed E-state index contributed by atoms with van der Waals surface area (Å²) in [6.07, 6.45) is 1.03. The number of hydrogen-bond donors (Lipinski definition) is 0. The average molecular weight is 268 g/mol. The molecule has 2 aromatic rings. The number of hydrogen-bond acceptors (Lipinski definition) is 1. The number of likely N-dealkylation sites (N-methyl/N-ethyl adjacent to an activating group) is 1. The molecule has 0 aliphatic rings. The van der Waals surface area contributed by atoms with Crippen LogP contribution in [0.1, 0.15) is 21.5 Å². The zero-order chi connectivity index (χ0) is 14.6.